The quantitative estimate of drug-likeness (QED) is 0.294. The Balaban J connectivity index is 0.00000294. The molecule has 0 bridgehead atoms. The number of benzene rings is 3. The molecule has 3 aromatic carbocycles. The first kappa shape index (κ1) is 26.0. The van der Waals surface area contributed by atoms with Gasteiger partial charge in [0, 0.05) is 35.6 Å². The van der Waals surface area contributed by atoms with E-state index in [0.29, 0.717) is 22.1 Å². The van der Waals surface area contributed by atoms with E-state index in [1.807, 2.05) is 66.7 Å². The fraction of sp³-hybridized carbons (Fsp3) is 0.200. The zero-order valence-corrected chi connectivity index (χ0v) is 22.4. The first-order valence-electron chi connectivity index (χ1n) is 12.3. The smallest absolute Gasteiger partial charge is 0.341 e. The van der Waals surface area contributed by atoms with Crippen LogP contribution in [0.5, 0.6) is 11.5 Å². The molecule has 1 aromatic heterocycles. The number of carbonyl (C=O) groups is 2. The lowest BCUT2D eigenvalue weighted by Crippen LogP contribution is -2.30. The van der Waals surface area contributed by atoms with Gasteiger partial charge in [0.25, 0.3) is 0 Å². The summed E-state index contributed by atoms with van der Waals surface area (Å²) in [6.07, 6.45) is 0.724. The number of amides is 1. The maximum Gasteiger partial charge on any atom is 0.341 e. The van der Waals surface area contributed by atoms with Crippen LogP contribution in [0.2, 0.25) is 0 Å². The molecule has 2 aliphatic heterocycles. The predicted molar refractivity (Wildman–Crippen MR) is 151 cm³/mol. The third-order valence-electron chi connectivity index (χ3n) is 6.95. The number of anilines is 1. The van der Waals surface area contributed by atoms with Gasteiger partial charge in [0.1, 0.15) is 16.5 Å². The van der Waals surface area contributed by atoms with Crippen LogP contribution >= 0.6 is 23.7 Å². The summed E-state index contributed by atoms with van der Waals surface area (Å²) in [5, 5.41) is 3.65. The minimum absolute atomic E-state index is 0. The van der Waals surface area contributed by atoms with Gasteiger partial charge in [0.05, 0.1) is 18.6 Å². The summed E-state index contributed by atoms with van der Waals surface area (Å²) in [5.74, 6) is 0.152. The Morgan fingerprint density at radius 3 is 2.26 bits per heavy atom. The number of methoxy groups -OCH3 is 1. The topological polar surface area (TPSA) is 67.9 Å². The number of thiophene rings is 1. The highest BCUT2D eigenvalue weighted by Crippen LogP contribution is 2.45. The Kier molecular flexibility index (Phi) is 7.51. The number of carbonyl (C=O) groups excluding carboxylic acids is 2. The minimum atomic E-state index is -0.555. The fourth-order valence-electron chi connectivity index (χ4n) is 5.22. The molecule has 38 heavy (non-hydrogen) atoms. The van der Waals surface area contributed by atoms with Gasteiger partial charge in [0.2, 0.25) is 5.91 Å². The van der Waals surface area contributed by atoms with E-state index in [-0.39, 0.29) is 18.3 Å². The molecule has 0 saturated carbocycles. The zero-order valence-electron chi connectivity index (χ0n) is 20.8. The molecule has 6 rings (SSSR count). The number of rotatable bonds is 5. The summed E-state index contributed by atoms with van der Waals surface area (Å²) >= 11 is 1.47. The molecule has 8 heteroatoms. The fourth-order valence-corrected chi connectivity index (χ4v) is 6.50. The molecule has 2 aliphatic rings. The van der Waals surface area contributed by atoms with E-state index in [2.05, 4.69) is 22.3 Å². The standard InChI is InChI=1S/C30H26N2O4S.ClH/c1-35-30(34)27-22-15-16-32(17-19-9-3-2-4-10-19)18-25(22)37-29(27)31-28(33)26-20-11-5-7-13-23(20)36-24-14-8-6-12-21(24)26;/h2-14,26H,15-18H2,1H3,(H,31,33);1H. The average Bonchev–Trinajstić information content (AvgIpc) is 3.28. The molecule has 0 saturated heterocycles. The summed E-state index contributed by atoms with van der Waals surface area (Å²) < 4.78 is 11.2. The van der Waals surface area contributed by atoms with Crippen LogP contribution in [-0.4, -0.2) is 30.4 Å². The molecule has 0 spiro atoms. The van der Waals surface area contributed by atoms with Gasteiger partial charge in [-0.05, 0) is 29.7 Å². The Morgan fingerprint density at radius 1 is 0.974 bits per heavy atom. The van der Waals surface area contributed by atoms with Gasteiger partial charge >= 0.3 is 5.97 Å². The van der Waals surface area contributed by atoms with Gasteiger partial charge in [-0.3, -0.25) is 9.69 Å². The number of nitrogens with zero attached hydrogens (tertiary/aromatic N) is 1. The number of ether oxygens (including phenoxy) is 2. The monoisotopic (exact) mass is 546 g/mol. The number of halogens is 1. The van der Waals surface area contributed by atoms with Crippen molar-refractivity contribution in [2.45, 2.75) is 25.4 Å². The van der Waals surface area contributed by atoms with Crippen molar-refractivity contribution in [3.8, 4) is 11.5 Å². The Labute approximate surface area is 231 Å². The second kappa shape index (κ2) is 11.0. The molecule has 0 aliphatic carbocycles. The van der Waals surface area contributed by atoms with Gasteiger partial charge in [0.15, 0.2) is 0 Å². The summed E-state index contributed by atoms with van der Waals surface area (Å²) in [6.45, 7) is 2.39. The second-order valence-corrected chi connectivity index (χ2v) is 10.4. The third-order valence-corrected chi connectivity index (χ3v) is 8.09. The van der Waals surface area contributed by atoms with Crippen LogP contribution in [0, 0.1) is 0 Å². The molecule has 1 amide bonds. The molecule has 0 unspecified atom stereocenters. The van der Waals surface area contributed by atoms with Crippen molar-refractivity contribution in [3.05, 3.63) is 112 Å². The van der Waals surface area contributed by atoms with E-state index in [4.69, 9.17) is 9.47 Å². The highest BCUT2D eigenvalue weighted by Gasteiger charge is 2.35. The Bertz CT molecular complexity index is 1440. The molecule has 3 heterocycles. The van der Waals surface area contributed by atoms with E-state index in [1.54, 1.807) is 0 Å². The van der Waals surface area contributed by atoms with Gasteiger partial charge in [-0.15, -0.1) is 23.7 Å². The normalized spacial score (nSPS) is 14.2. The van der Waals surface area contributed by atoms with Crippen LogP contribution in [-0.2, 0) is 29.0 Å². The van der Waals surface area contributed by atoms with Crippen LogP contribution in [0.25, 0.3) is 0 Å². The van der Waals surface area contributed by atoms with Gasteiger partial charge in [-0.25, -0.2) is 4.79 Å². The van der Waals surface area contributed by atoms with E-state index in [0.717, 1.165) is 47.6 Å². The molecule has 4 aromatic rings. The molecule has 1 N–H and O–H groups in total. The van der Waals surface area contributed by atoms with Crippen LogP contribution in [0.3, 0.4) is 0 Å². The lowest BCUT2D eigenvalue weighted by atomic mass is 9.87. The first-order valence-corrected chi connectivity index (χ1v) is 13.1. The van der Waals surface area contributed by atoms with Gasteiger partial charge < -0.3 is 14.8 Å². The predicted octanol–water partition coefficient (Wildman–Crippen LogP) is 6.39. The number of esters is 1. The van der Waals surface area contributed by atoms with Crippen molar-refractivity contribution >= 4 is 40.6 Å². The SMILES string of the molecule is COC(=O)c1c(NC(=O)C2c3ccccc3Oc3ccccc32)sc2c1CCN(Cc1ccccc1)C2.Cl. The average molecular weight is 547 g/mol. The molecule has 0 radical (unpaired) electrons. The zero-order chi connectivity index (χ0) is 25.4. The van der Waals surface area contributed by atoms with Crippen molar-refractivity contribution in [3.63, 3.8) is 0 Å². The highest BCUT2D eigenvalue weighted by molar-refractivity contribution is 7.17. The van der Waals surface area contributed by atoms with Crippen molar-refractivity contribution in [2.24, 2.45) is 0 Å². The molecule has 0 fully saturated rings. The van der Waals surface area contributed by atoms with Gasteiger partial charge in [-0.2, -0.15) is 0 Å². The van der Waals surface area contributed by atoms with Crippen LogP contribution in [0.1, 0.15) is 43.4 Å². The van der Waals surface area contributed by atoms with Crippen molar-refractivity contribution < 1.29 is 19.1 Å². The summed E-state index contributed by atoms with van der Waals surface area (Å²) in [6, 6.07) is 25.5. The number of fused-ring (bicyclic) bond motifs is 3. The van der Waals surface area contributed by atoms with Crippen LogP contribution in [0.4, 0.5) is 5.00 Å². The van der Waals surface area contributed by atoms with E-state index in [1.165, 1.54) is 24.0 Å². The minimum Gasteiger partial charge on any atom is -0.465 e. The lowest BCUT2D eigenvalue weighted by molar-refractivity contribution is -0.116. The molecule has 0 atom stereocenters. The molecular weight excluding hydrogens is 520 g/mol. The van der Waals surface area contributed by atoms with Crippen molar-refractivity contribution in [1.29, 1.82) is 0 Å². The number of hydrogen-bond donors (Lipinski definition) is 1. The number of hydrogen-bond acceptors (Lipinski definition) is 6. The van der Waals surface area contributed by atoms with Gasteiger partial charge in [-0.1, -0.05) is 66.7 Å². The Morgan fingerprint density at radius 2 is 1.61 bits per heavy atom. The summed E-state index contributed by atoms with van der Waals surface area (Å²) in [4.78, 5) is 30.2. The largest absolute Gasteiger partial charge is 0.465 e. The van der Waals surface area contributed by atoms with Crippen LogP contribution < -0.4 is 10.1 Å². The van der Waals surface area contributed by atoms with E-state index >= 15 is 0 Å². The van der Waals surface area contributed by atoms with Crippen molar-refractivity contribution in [1.82, 2.24) is 4.90 Å². The second-order valence-electron chi connectivity index (χ2n) is 9.25. The number of nitrogens with one attached hydrogen (secondary N) is 1. The van der Waals surface area contributed by atoms with E-state index in [9.17, 15) is 9.59 Å². The summed E-state index contributed by atoms with van der Waals surface area (Å²) in [7, 11) is 1.38. The van der Waals surface area contributed by atoms with Crippen molar-refractivity contribution in [2.75, 3.05) is 19.0 Å². The molecule has 6 nitrogen and oxygen atoms in total. The Hall–Kier alpha value is -3.65. The van der Waals surface area contributed by atoms with Crippen LogP contribution in [0.15, 0.2) is 78.9 Å². The third kappa shape index (κ3) is 4.80. The first-order chi connectivity index (χ1) is 18.1. The highest BCUT2D eigenvalue weighted by atomic mass is 35.5. The molecule has 194 valence electrons. The lowest BCUT2D eigenvalue weighted by Gasteiger charge is -2.27. The maximum atomic E-state index is 13.9. The summed E-state index contributed by atoms with van der Waals surface area (Å²) in [5.41, 5.74) is 4.30. The molecular formula is C30H27ClN2O4S. The maximum absolute atomic E-state index is 13.9. The van der Waals surface area contributed by atoms with E-state index < -0.39 is 11.9 Å². The number of para-hydroxylation sites is 2.